The maximum Gasteiger partial charge on any atom is 0.338 e. The largest absolute Gasteiger partial charge is 0.755 e. The minimum atomic E-state index is -2.78. The molecule has 0 spiro atoms. The second kappa shape index (κ2) is 7.53. The van der Waals surface area contributed by atoms with E-state index < -0.39 is 27.8 Å². The van der Waals surface area contributed by atoms with Crippen molar-refractivity contribution in [2.75, 3.05) is 11.8 Å². The lowest BCUT2D eigenvalue weighted by Crippen LogP contribution is -2.09. The Labute approximate surface area is 138 Å². The van der Waals surface area contributed by atoms with Gasteiger partial charge in [-0.05, 0) is 18.2 Å². The van der Waals surface area contributed by atoms with Crippen LogP contribution in [0.3, 0.4) is 0 Å². The lowest BCUT2D eigenvalue weighted by Gasteiger charge is -2.15. The van der Waals surface area contributed by atoms with Crippen LogP contribution >= 0.6 is 0 Å². The molecular weight excluding hydrogens is 340 g/mol. The topological polar surface area (TPSA) is 131 Å². The van der Waals surface area contributed by atoms with Gasteiger partial charge < -0.3 is 18.7 Å². The summed E-state index contributed by atoms with van der Waals surface area (Å²) in [6, 6.07) is 10.1. The molecule has 0 bridgehead atoms. The van der Waals surface area contributed by atoms with Gasteiger partial charge in [0.25, 0.3) is 0 Å². The van der Waals surface area contributed by atoms with Crippen LogP contribution in [0.15, 0.2) is 42.5 Å². The number of benzene rings is 2. The summed E-state index contributed by atoms with van der Waals surface area (Å²) in [7, 11) is 1.10. The van der Waals surface area contributed by atoms with Gasteiger partial charge in [0.15, 0.2) is 0 Å². The summed E-state index contributed by atoms with van der Waals surface area (Å²) in [4.78, 5) is 22.1. The number of hydrogen-bond donors (Lipinski definition) is 1. The van der Waals surface area contributed by atoms with Crippen LogP contribution in [0, 0.1) is 10.1 Å². The zero-order valence-corrected chi connectivity index (χ0v) is 13.1. The van der Waals surface area contributed by atoms with Crippen molar-refractivity contribution in [1.29, 1.82) is 0 Å². The molecule has 0 saturated heterocycles. The molecule has 0 aliphatic rings. The number of nitro groups is 1. The van der Waals surface area contributed by atoms with Gasteiger partial charge in [0.1, 0.15) is 5.75 Å². The van der Waals surface area contributed by atoms with E-state index in [0.29, 0.717) is 0 Å². The van der Waals surface area contributed by atoms with E-state index in [1.54, 1.807) is 18.2 Å². The number of rotatable bonds is 6. The fourth-order valence-electron chi connectivity index (χ4n) is 1.86. The molecule has 24 heavy (non-hydrogen) atoms. The number of hydrogen-bond acceptors (Lipinski definition) is 7. The van der Waals surface area contributed by atoms with E-state index in [4.69, 9.17) is 4.74 Å². The first-order valence-corrected chi connectivity index (χ1v) is 7.49. The first-order valence-electron chi connectivity index (χ1n) is 6.42. The number of para-hydroxylation sites is 1. The summed E-state index contributed by atoms with van der Waals surface area (Å²) in [6.45, 7) is 0. The molecule has 2 rings (SSSR count). The molecule has 1 N–H and O–H groups in total. The highest BCUT2D eigenvalue weighted by Gasteiger charge is 2.25. The molecule has 0 amide bonds. The number of anilines is 1. The summed E-state index contributed by atoms with van der Waals surface area (Å²) in [5, 5.41) is 11.3. The van der Waals surface area contributed by atoms with Gasteiger partial charge in [-0.15, -0.1) is 0 Å². The van der Waals surface area contributed by atoms with Gasteiger partial charge in [-0.3, -0.25) is 14.3 Å². The maximum atomic E-state index is 11.6. The SMILES string of the molecule is COC(=O)c1cc(NS(=O)[O-])c(Oc2ccccc2)c([N+](=O)[O-])c1. The number of carbonyl (C=O) groups is 1. The molecule has 126 valence electrons. The third kappa shape index (κ3) is 4.06. The first kappa shape index (κ1) is 17.4. The molecule has 0 heterocycles. The monoisotopic (exact) mass is 351 g/mol. The van der Waals surface area contributed by atoms with Gasteiger partial charge in [0.05, 0.1) is 23.3 Å². The normalized spacial score (nSPS) is 11.4. The zero-order chi connectivity index (χ0) is 17.7. The molecule has 0 radical (unpaired) electrons. The van der Waals surface area contributed by atoms with Crippen LogP contribution in [0.2, 0.25) is 0 Å². The molecule has 0 aliphatic heterocycles. The molecule has 1 unspecified atom stereocenters. The van der Waals surface area contributed by atoms with E-state index in [1.165, 1.54) is 12.1 Å². The number of nitrogens with zero attached hydrogens (tertiary/aromatic N) is 1. The van der Waals surface area contributed by atoms with E-state index in [9.17, 15) is 23.7 Å². The quantitative estimate of drug-likeness (QED) is 0.366. The van der Waals surface area contributed by atoms with Crippen LogP contribution in [0.25, 0.3) is 0 Å². The highest BCUT2D eigenvalue weighted by Crippen LogP contribution is 2.40. The van der Waals surface area contributed by atoms with Crippen LogP contribution in [0.4, 0.5) is 11.4 Å². The van der Waals surface area contributed by atoms with Crippen molar-refractivity contribution in [3.05, 3.63) is 58.1 Å². The number of nitrogens with one attached hydrogen (secondary N) is 1. The van der Waals surface area contributed by atoms with Crippen molar-refractivity contribution in [2.24, 2.45) is 0 Å². The molecular formula is C14H11N2O7S-. The average Bonchev–Trinajstić information content (AvgIpc) is 2.55. The van der Waals surface area contributed by atoms with Crippen molar-refractivity contribution >= 4 is 28.6 Å². The zero-order valence-electron chi connectivity index (χ0n) is 12.3. The standard InChI is InChI=1S/C14H12N2O7S/c1-22-14(17)9-7-11(15-24(20)21)13(12(8-9)16(18)19)23-10-5-3-2-4-6-10/h2-8,15H,1H3,(H,20,21)/p-1. The van der Waals surface area contributed by atoms with Gasteiger partial charge in [-0.1, -0.05) is 18.2 Å². The van der Waals surface area contributed by atoms with Gasteiger partial charge in [-0.25, -0.2) is 4.79 Å². The third-order valence-corrected chi connectivity index (χ3v) is 3.23. The Morgan fingerprint density at radius 3 is 2.46 bits per heavy atom. The van der Waals surface area contributed by atoms with Gasteiger partial charge in [0.2, 0.25) is 5.75 Å². The van der Waals surface area contributed by atoms with Crippen molar-refractivity contribution in [3.63, 3.8) is 0 Å². The van der Waals surface area contributed by atoms with Crippen LogP contribution in [0.5, 0.6) is 11.5 Å². The van der Waals surface area contributed by atoms with Gasteiger partial charge in [0, 0.05) is 17.3 Å². The molecule has 0 fully saturated rings. The predicted molar refractivity (Wildman–Crippen MR) is 83.5 cm³/mol. The summed E-state index contributed by atoms with van der Waals surface area (Å²) >= 11 is -2.78. The molecule has 0 aromatic heterocycles. The smallest absolute Gasteiger partial charge is 0.338 e. The van der Waals surface area contributed by atoms with E-state index >= 15 is 0 Å². The molecule has 2 aromatic carbocycles. The van der Waals surface area contributed by atoms with Crippen LogP contribution < -0.4 is 9.46 Å². The minimum absolute atomic E-state index is 0.197. The average molecular weight is 351 g/mol. The Morgan fingerprint density at radius 1 is 1.25 bits per heavy atom. The van der Waals surface area contributed by atoms with Crippen molar-refractivity contribution < 1.29 is 28.0 Å². The van der Waals surface area contributed by atoms with E-state index in [0.717, 1.165) is 19.2 Å². The number of carbonyl (C=O) groups excluding carboxylic acids is 1. The van der Waals surface area contributed by atoms with Crippen molar-refractivity contribution in [1.82, 2.24) is 0 Å². The summed E-state index contributed by atoms with van der Waals surface area (Å²) in [5.74, 6) is -0.946. The summed E-state index contributed by atoms with van der Waals surface area (Å²) in [5.41, 5.74) is -1.05. The van der Waals surface area contributed by atoms with Crippen LogP contribution in [-0.2, 0) is 16.0 Å². The maximum absolute atomic E-state index is 11.6. The Morgan fingerprint density at radius 2 is 1.92 bits per heavy atom. The lowest BCUT2D eigenvalue weighted by atomic mass is 10.1. The molecule has 0 saturated carbocycles. The van der Waals surface area contributed by atoms with Gasteiger partial charge >= 0.3 is 11.7 Å². The highest BCUT2D eigenvalue weighted by molar-refractivity contribution is 7.80. The number of esters is 1. The predicted octanol–water partition coefficient (Wildman–Crippen LogP) is 2.38. The summed E-state index contributed by atoms with van der Waals surface area (Å²) in [6.07, 6.45) is 0. The molecule has 1 atom stereocenters. The molecule has 2 aromatic rings. The number of ether oxygens (including phenoxy) is 2. The molecule has 10 heteroatoms. The van der Waals surface area contributed by atoms with Crippen LogP contribution in [0.1, 0.15) is 10.4 Å². The van der Waals surface area contributed by atoms with E-state index in [2.05, 4.69) is 4.74 Å². The van der Waals surface area contributed by atoms with Crippen molar-refractivity contribution in [3.8, 4) is 11.5 Å². The Bertz CT molecular complexity index is 795. The Balaban J connectivity index is 2.61. The lowest BCUT2D eigenvalue weighted by molar-refractivity contribution is -0.385. The minimum Gasteiger partial charge on any atom is -0.755 e. The van der Waals surface area contributed by atoms with E-state index in [-0.39, 0.29) is 22.7 Å². The Hall–Kier alpha value is -2.98. The fourth-order valence-corrected chi connectivity index (χ4v) is 2.20. The Kier molecular flexibility index (Phi) is 5.45. The summed E-state index contributed by atoms with van der Waals surface area (Å²) < 4.78 is 33.8. The third-order valence-electron chi connectivity index (χ3n) is 2.84. The first-order chi connectivity index (χ1) is 11.4. The van der Waals surface area contributed by atoms with Gasteiger partial charge in [-0.2, -0.15) is 0 Å². The van der Waals surface area contributed by atoms with E-state index in [1.807, 2.05) is 4.72 Å². The molecule has 0 aliphatic carbocycles. The second-order valence-electron chi connectivity index (χ2n) is 4.37. The van der Waals surface area contributed by atoms with Crippen molar-refractivity contribution in [2.45, 2.75) is 0 Å². The second-order valence-corrected chi connectivity index (χ2v) is 5.05. The van der Waals surface area contributed by atoms with Crippen LogP contribution in [-0.4, -0.2) is 26.8 Å². The highest BCUT2D eigenvalue weighted by atomic mass is 32.2. The number of nitro benzene ring substituents is 1. The fraction of sp³-hybridized carbons (Fsp3) is 0.0714. The number of methoxy groups -OCH3 is 1. The molecule has 9 nitrogen and oxygen atoms in total.